The summed E-state index contributed by atoms with van der Waals surface area (Å²) in [6, 6.07) is 0. The number of hydrogen-bond acceptors (Lipinski definition) is 5. The first-order valence-corrected chi connectivity index (χ1v) is 7.16. The van der Waals surface area contributed by atoms with Gasteiger partial charge < -0.3 is 18.9 Å². The molecule has 0 amide bonds. The maximum Gasteiger partial charge on any atom is 0.353 e. The van der Waals surface area contributed by atoms with Crippen molar-refractivity contribution in [1.82, 2.24) is 0 Å². The Balaban J connectivity index is 1.74. The first kappa shape index (κ1) is 11.4. The molecule has 2 spiro atoms. The van der Waals surface area contributed by atoms with E-state index in [-0.39, 0.29) is 17.1 Å². The normalized spacial score (nSPS) is 48.7. The van der Waals surface area contributed by atoms with E-state index < -0.39 is 5.79 Å². The third-order valence-electron chi connectivity index (χ3n) is 5.41. The van der Waals surface area contributed by atoms with Crippen molar-refractivity contribution in [2.75, 3.05) is 13.2 Å². The second-order valence-electron chi connectivity index (χ2n) is 6.23. The molecule has 2 heterocycles. The van der Waals surface area contributed by atoms with Crippen LogP contribution in [0.3, 0.4) is 0 Å². The van der Waals surface area contributed by atoms with Crippen molar-refractivity contribution in [3.05, 3.63) is 0 Å². The Labute approximate surface area is 112 Å². The van der Waals surface area contributed by atoms with Gasteiger partial charge >= 0.3 is 5.24 Å². The number of thiocarbonyl (C=S) groups is 1. The minimum atomic E-state index is -0.453. The molecule has 2 aliphatic heterocycles. The fraction of sp³-hybridized carbons (Fsp3) is 0.923. The highest BCUT2D eigenvalue weighted by Gasteiger charge is 2.70. The van der Waals surface area contributed by atoms with Crippen LogP contribution in [0.2, 0.25) is 0 Å². The van der Waals surface area contributed by atoms with E-state index in [1.807, 2.05) is 0 Å². The monoisotopic (exact) mass is 270 g/mol. The maximum absolute atomic E-state index is 6.02. The lowest BCUT2D eigenvalue weighted by molar-refractivity contribution is -0.240. The fourth-order valence-corrected chi connectivity index (χ4v) is 4.58. The van der Waals surface area contributed by atoms with Gasteiger partial charge in [0.25, 0.3) is 0 Å². The van der Waals surface area contributed by atoms with Gasteiger partial charge in [-0.1, -0.05) is 6.92 Å². The summed E-state index contributed by atoms with van der Waals surface area (Å²) < 4.78 is 23.5. The number of hydrogen-bond donors (Lipinski definition) is 0. The molecule has 4 nitrogen and oxygen atoms in total. The van der Waals surface area contributed by atoms with Gasteiger partial charge in [-0.3, -0.25) is 0 Å². The smallest absolute Gasteiger partial charge is 0.353 e. The Kier molecular flexibility index (Phi) is 2.15. The summed E-state index contributed by atoms with van der Waals surface area (Å²) in [5, 5.41) is 0.306. The van der Waals surface area contributed by atoms with Gasteiger partial charge in [0.2, 0.25) is 0 Å². The van der Waals surface area contributed by atoms with E-state index in [9.17, 15) is 0 Å². The van der Waals surface area contributed by atoms with Crippen LogP contribution in [-0.4, -0.2) is 35.9 Å². The molecule has 4 rings (SSSR count). The highest BCUT2D eigenvalue weighted by Crippen LogP contribution is 2.63. The van der Waals surface area contributed by atoms with Crippen molar-refractivity contribution in [3.8, 4) is 0 Å². The third-order valence-corrected chi connectivity index (χ3v) is 5.59. The van der Waals surface area contributed by atoms with Crippen LogP contribution in [0.1, 0.15) is 39.0 Å². The van der Waals surface area contributed by atoms with E-state index in [1.165, 1.54) is 0 Å². The van der Waals surface area contributed by atoms with Gasteiger partial charge in [0.15, 0.2) is 11.4 Å². The Bertz CT molecular complexity index is 406. The molecule has 3 atom stereocenters. The van der Waals surface area contributed by atoms with Crippen LogP contribution >= 0.6 is 12.2 Å². The summed E-state index contributed by atoms with van der Waals surface area (Å²) in [4.78, 5) is 0. The van der Waals surface area contributed by atoms with Gasteiger partial charge in [-0.05, 0) is 19.3 Å². The zero-order valence-electron chi connectivity index (χ0n) is 10.6. The molecule has 0 aromatic carbocycles. The first-order valence-electron chi connectivity index (χ1n) is 6.75. The summed E-state index contributed by atoms with van der Waals surface area (Å²) in [5.41, 5.74) is -0.189. The van der Waals surface area contributed by atoms with Crippen LogP contribution in [-0.2, 0) is 18.9 Å². The fourth-order valence-electron chi connectivity index (χ4n) is 4.31. The highest BCUT2D eigenvalue weighted by atomic mass is 32.1. The van der Waals surface area contributed by atoms with E-state index in [1.54, 1.807) is 0 Å². The summed E-state index contributed by atoms with van der Waals surface area (Å²) in [5.74, 6) is -0.453. The molecule has 2 aliphatic carbocycles. The van der Waals surface area contributed by atoms with Crippen molar-refractivity contribution in [3.63, 3.8) is 0 Å². The Morgan fingerprint density at radius 2 is 1.94 bits per heavy atom. The Morgan fingerprint density at radius 3 is 2.72 bits per heavy atom. The molecule has 0 unspecified atom stereocenters. The second-order valence-corrected chi connectivity index (χ2v) is 6.57. The van der Waals surface area contributed by atoms with Crippen molar-refractivity contribution in [2.24, 2.45) is 5.41 Å². The van der Waals surface area contributed by atoms with Gasteiger partial charge in [-0.25, -0.2) is 0 Å². The van der Waals surface area contributed by atoms with Crippen molar-refractivity contribution in [2.45, 2.75) is 56.5 Å². The summed E-state index contributed by atoms with van der Waals surface area (Å²) >= 11 is 5.12. The lowest BCUT2D eigenvalue weighted by Crippen LogP contribution is -2.58. The minimum Gasteiger partial charge on any atom is -0.449 e. The molecule has 0 bridgehead atoms. The number of rotatable bonds is 0. The zero-order valence-corrected chi connectivity index (χ0v) is 11.4. The van der Waals surface area contributed by atoms with E-state index in [0.29, 0.717) is 18.5 Å². The molecule has 4 fully saturated rings. The van der Waals surface area contributed by atoms with E-state index >= 15 is 0 Å². The third kappa shape index (κ3) is 1.25. The van der Waals surface area contributed by atoms with E-state index in [2.05, 4.69) is 6.92 Å². The summed E-state index contributed by atoms with van der Waals surface area (Å²) in [6.07, 6.45) is 4.99. The minimum absolute atomic E-state index is 0.0833. The van der Waals surface area contributed by atoms with Crippen LogP contribution in [0.15, 0.2) is 0 Å². The molecular weight excluding hydrogens is 252 g/mol. The molecule has 100 valence electrons. The molecular formula is C13H18O4S. The SMILES string of the molecule is C[C@@]12CC[C@H]3OC(=S)O[C@]31CC1(CC2)OCCO1. The molecule has 0 N–H and O–H groups in total. The molecule has 5 heteroatoms. The number of ether oxygens (including phenoxy) is 4. The van der Waals surface area contributed by atoms with Crippen LogP contribution in [0.4, 0.5) is 0 Å². The summed E-state index contributed by atoms with van der Waals surface area (Å²) in [6.45, 7) is 3.66. The van der Waals surface area contributed by atoms with Crippen LogP contribution in [0.5, 0.6) is 0 Å². The average Bonchev–Trinajstić information content (AvgIpc) is 2.95. The van der Waals surface area contributed by atoms with E-state index in [4.69, 9.17) is 31.2 Å². The van der Waals surface area contributed by atoms with Crippen LogP contribution in [0.25, 0.3) is 0 Å². The lowest BCUT2D eigenvalue weighted by atomic mass is 9.63. The standard InChI is InChI=1S/C13H18O4S/c1-11-3-2-9-13(11,17-10(18)16-9)8-12(5-4-11)14-6-7-15-12/h9H,2-8H2,1H3/t9-,11+,13-/m1/s1. The van der Waals surface area contributed by atoms with Gasteiger partial charge in [0.05, 0.1) is 13.2 Å². The maximum atomic E-state index is 6.02. The predicted octanol–water partition coefficient (Wildman–Crippen LogP) is 2.15. The molecule has 0 radical (unpaired) electrons. The van der Waals surface area contributed by atoms with Crippen LogP contribution < -0.4 is 0 Å². The van der Waals surface area contributed by atoms with Crippen LogP contribution in [0, 0.1) is 5.41 Å². The molecule has 0 aromatic heterocycles. The van der Waals surface area contributed by atoms with Crippen molar-refractivity contribution < 1.29 is 18.9 Å². The zero-order chi connectivity index (χ0) is 12.4. The Hall–Kier alpha value is -0.390. The average molecular weight is 270 g/mol. The van der Waals surface area contributed by atoms with Gasteiger partial charge in [0, 0.05) is 30.5 Å². The van der Waals surface area contributed by atoms with Gasteiger partial charge in [-0.2, -0.15) is 0 Å². The van der Waals surface area contributed by atoms with Gasteiger partial charge in [-0.15, -0.1) is 0 Å². The predicted molar refractivity (Wildman–Crippen MR) is 67.1 cm³/mol. The largest absolute Gasteiger partial charge is 0.449 e. The molecule has 4 aliphatic rings. The molecule has 0 aromatic rings. The lowest BCUT2D eigenvalue weighted by Gasteiger charge is -2.50. The quantitative estimate of drug-likeness (QED) is 0.630. The molecule has 18 heavy (non-hydrogen) atoms. The van der Waals surface area contributed by atoms with Crippen molar-refractivity contribution >= 4 is 17.5 Å². The van der Waals surface area contributed by atoms with E-state index in [0.717, 1.165) is 32.1 Å². The Morgan fingerprint density at radius 1 is 1.17 bits per heavy atom. The molecule has 2 saturated heterocycles. The van der Waals surface area contributed by atoms with Crippen molar-refractivity contribution in [1.29, 1.82) is 0 Å². The first-order chi connectivity index (χ1) is 8.58. The summed E-state index contributed by atoms with van der Waals surface area (Å²) in [7, 11) is 0. The van der Waals surface area contributed by atoms with Gasteiger partial charge in [0.1, 0.15) is 6.10 Å². The molecule has 2 saturated carbocycles. The highest BCUT2D eigenvalue weighted by molar-refractivity contribution is 7.79. The topological polar surface area (TPSA) is 36.9 Å². The second kappa shape index (κ2) is 3.38.